The molecule has 6 amide bonds. The number of hydrogen-bond acceptors (Lipinski definition) is 15. The molecule has 6 aromatic heterocycles. The van der Waals surface area contributed by atoms with Crippen LogP contribution >= 0.6 is 11.6 Å². The Kier molecular flexibility index (Phi) is 20.1. The molecule has 12 N–H and O–H groups in total. The molecule has 9 aromatic rings. The van der Waals surface area contributed by atoms with Crippen LogP contribution < -0.4 is 34.4 Å². The van der Waals surface area contributed by atoms with Gasteiger partial charge in [0.05, 0.1) is 60.9 Å². The lowest BCUT2D eigenvalue weighted by atomic mass is 9.65. The van der Waals surface area contributed by atoms with Crippen molar-refractivity contribution in [2.75, 3.05) is 56.5 Å². The number of rotatable bonds is 16. The summed E-state index contributed by atoms with van der Waals surface area (Å²) in [4.78, 5) is 79.1. The van der Waals surface area contributed by atoms with Gasteiger partial charge < -0.3 is 49.1 Å². The molecule has 4 saturated carbocycles. The summed E-state index contributed by atoms with van der Waals surface area (Å²) >= 11 is 6.07. The van der Waals surface area contributed by atoms with Gasteiger partial charge in [0.25, 0.3) is 35.4 Å². The molecule has 16 rings (SSSR count). The van der Waals surface area contributed by atoms with E-state index in [0.29, 0.717) is 85.5 Å². The number of amides is 6. The first-order chi connectivity index (χ1) is 52.3. The molecule has 0 bridgehead atoms. The fourth-order valence-corrected chi connectivity index (χ4v) is 17.3. The maximum Gasteiger partial charge on any atom is 0.298 e. The van der Waals surface area contributed by atoms with Crippen molar-refractivity contribution in [1.29, 1.82) is 0 Å². The lowest BCUT2D eigenvalue weighted by molar-refractivity contribution is -0.125. The van der Waals surface area contributed by atoms with Crippen LogP contribution in [0.1, 0.15) is 180 Å². The van der Waals surface area contributed by atoms with E-state index in [9.17, 15) is 33.2 Å². The van der Waals surface area contributed by atoms with Crippen LogP contribution in [0.2, 0.25) is 5.02 Å². The van der Waals surface area contributed by atoms with E-state index >= 15 is 0 Å². The second-order valence-electron chi connectivity index (χ2n) is 30.4. The maximum absolute atomic E-state index is 13.8. The molecule has 0 atom stereocenters. The van der Waals surface area contributed by atoms with Crippen LogP contribution in [-0.2, 0) is 34.0 Å². The van der Waals surface area contributed by atoms with Gasteiger partial charge in [0.1, 0.15) is 57.0 Å². The number of benzene rings is 3. The van der Waals surface area contributed by atoms with E-state index in [1.165, 1.54) is 35.6 Å². The highest BCUT2D eigenvalue weighted by molar-refractivity contribution is 6.31. The third-order valence-electron chi connectivity index (χ3n) is 22.7. The summed E-state index contributed by atoms with van der Waals surface area (Å²) in [5.74, 6) is 14.6. The second-order valence-corrected chi connectivity index (χ2v) is 30.8. The summed E-state index contributed by atoms with van der Waals surface area (Å²) < 4.78 is 24.2. The zero-order valence-corrected chi connectivity index (χ0v) is 62.3. The van der Waals surface area contributed by atoms with Gasteiger partial charge >= 0.3 is 0 Å². The van der Waals surface area contributed by atoms with Crippen molar-refractivity contribution in [3.05, 3.63) is 159 Å². The molecular weight excluding hydrogens is 1410 g/mol. The molecule has 3 saturated heterocycles. The third-order valence-corrected chi connectivity index (χ3v) is 23.1. The Balaban J connectivity index is 0.000000137. The van der Waals surface area contributed by atoms with E-state index in [1.807, 2.05) is 44.5 Å². The summed E-state index contributed by atoms with van der Waals surface area (Å²) in [7, 11) is 0. The molecule has 3 spiro atoms. The van der Waals surface area contributed by atoms with Crippen LogP contribution in [0.25, 0.3) is 33.8 Å². The van der Waals surface area contributed by atoms with E-state index in [2.05, 4.69) is 105 Å². The lowest BCUT2D eigenvalue weighted by Gasteiger charge is -2.45. The van der Waals surface area contributed by atoms with Gasteiger partial charge in [-0.3, -0.25) is 42.8 Å². The van der Waals surface area contributed by atoms with Gasteiger partial charge in [0.15, 0.2) is 0 Å². The van der Waals surface area contributed by atoms with Crippen LogP contribution in [0.4, 0.5) is 21.8 Å². The Morgan fingerprint density at radius 3 is 1.38 bits per heavy atom. The zero-order chi connectivity index (χ0) is 77.0. The van der Waals surface area contributed by atoms with Crippen molar-refractivity contribution >= 4 is 64.5 Å². The van der Waals surface area contributed by atoms with Gasteiger partial charge in [0.2, 0.25) is 0 Å². The fourth-order valence-electron chi connectivity index (χ4n) is 17.1. The summed E-state index contributed by atoms with van der Waals surface area (Å²) in [5.41, 5.74) is 46.6. The standard InChI is InChI=1S/C28H31N7O2.C27H31N7O2.C25H25ClFN7O2/c1-2-4-23(36)33-10-9-28(17-33)12-22(13-28)35-26(29)24(27(30)37)25(32-35)21-14-31-34(16-21)15-18-5-3-6-20(11-18)19-7-8-19;1-4-6-22(35)32-10-9-27(16-32)12-20(13-27)34-25(28)23(26(29)36)24(31-34)21-15-33(30-18(21)3)14-19-8-5-7-17(2)11-19;1-2-4-19(35)32-8-7-25(14-32)9-17(10-25)34-23(28)20(24(29)36)22(31-34)16-11-30-33(13-16)12-15-5-3-6-18(27)21(15)26/h3,5-6,11,14,16,19,22H,7-10,12-13,15,17,29H2,1H3,(H2,30,37);5,7-8,11,15,20H,9-10,12-14,16,28H2,1-3H3,(H2,29,36);3,5-6,11,13,17H,7-10,12,14,28H2,1H3,(H2,29,36). The fraction of sp³-hybridized carbons (Fsp3) is 0.400. The number of hydrogen-bond donors (Lipinski definition) is 6. The average Bonchev–Trinajstić information content (AvgIpc) is 1.61. The summed E-state index contributed by atoms with van der Waals surface area (Å²) in [6.45, 7) is 14.6. The molecule has 29 heteroatoms. The SMILES string of the molecule is CC#CC(=O)N1CCC2(CC(n3nc(-c4cn(Cc5cccc(C)c5)nc4C)c(C(N)=O)c3N)C2)C1.CC#CC(=O)N1CCC2(CC(n3nc(-c4cnn(Cc5cccc(C6CC6)c5)c4)c(C(N)=O)c3N)C2)C1.CC#CC(=O)N1CCC2(CC(n3nc(-c4cnn(Cc5cccc(F)c5Cl)c4)c(C(N)=O)c3N)C2)C1. The van der Waals surface area contributed by atoms with E-state index in [4.69, 9.17) is 56.2 Å². The first-order valence-corrected chi connectivity index (χ1v) is 37.0. The molecule has 9 heterocycles. The second kappa shape index (κ2) is 29.7. The van der Waals surface area contributed by atoms with Gasteiger partial charge in [-0.15, -0.1) is 0 Å². The first kappa shape index (κ1) is 73.9. The van der Waals surface area contributed by atoms with Crippen LogP contribution in [0.15, 0.2) is 97.7 Å². The Hall–Kier alpha value is -12.0. The molecular formula is C80H87ClFN21O6. The van der Waals surface area contributed by atoms with Gasteiger partial charge in [0, 0.05) is 74.5 Å². The van der Waals surface area contributed by atoms with Crippen LogP contribution in [0.5, 0.6) is 0 Å². The summed E-state index contributed by atoms with van der Waals surface area (Å²) in [6.07, 6.45) is 19.0. The highest BCUT2D eigenvalue weighted by Crippen LogP contribution is 2.57. The quantitative estimate of drug-likeness (QED) is 0.0494. The number of halogens is 2. The molecule has 3 aliphatic heterocycles. The highest BCUT2D eigenvalue weighted by atomic mass is 35.5. The first-order valence-electron chi connectivity index (χ1n) is 36.6. The molecule has 0 radical (unpaired) electrons. The predicted octanol–water partition coefficient (Wildman–Crippen LogP) is 8.45. The molecule has 7 aliphatic rings. The number of aryl methyl sites for hydroxylation is 2. The van der Waals surface area contributed by atoms with Gasteiger partial charge in [-0.05, 0) is 173 Å². The largest absolute Gasteiger partial charge is 0.383 e. The number of aromatic nitrogens is 12. The van der Waals surface area contributed by atoms with E-state index < -0.39 is 23.5 Å². The van der Waals surface area contributed by atoms with Crippen molar-refractivity contribution in [2.45, 2.75) is 149 Å². The number of primary amides is 3. The van der Waals surface area contributed by atoms with Crippen molar-refractivity contribution in [3.8, 4) is 69.3 Å². The van der Waals surface area contributed by atoms with Crippen LogP contribution in [-0.4, -0.2) is 148 Å². The number of likely N-dealkylation sites (tertiary alicyclic amines) is 3. The van der Waals surface area contributed by atoms with Crippen molar-refractivity contribution < 1.29 is 33.2 Å². The highest BCUT2D eigenvalue weighted by Gasteiger charge is 2.54. The van der Waals surface area contributed by atoms with Crippen LogP contribution in [0.3, 0.4) is 0 Å². The lowest BCUT2D eigenvalue weighted by Crippen LogP contribution is -2.42. The molecule has 3 aromatic carbocycles. The number of nitrogens with two attached hydrogens (primary N) is 6. The Morgan fingerprint density at radius 2 is 0.936 bits per heavy atom. The van der Waals surface area contributed by atoms with Crippen LogP contribution in [0, 0.1) is 71.4 Å². The number of anilines is 3. The monoisotopic (exact) mass is 1490 g/mol. The predicted molar refractivity (Wildman–Crippen MR) is 408 cm³/mol. The zero-order valence-electron chi connectivity index (χ0n) is 61.6. The minimum atomic E-state index is -0.681. The normalized spacial score (nSPS) is 21.3. The van der Waals surface area contributed by atoms with Gasteiger partial charge in [-0.1, -0.05) is 95.6 Å². The summed E-state index contributed by atoms with van der Waals surface area (Å²) in [6, 6.07) is 21.6. The molecule has 109 heavy (non-hydrogen) atoms. The number of carbonyl (C=O) groups excluding carboxylic acids is 6. The Morgan fingerprint density at radius 1 is 0.523 bits per heavy atom. The molecule has 4 aliphatic carbocycles. The van der Waals surface area contributed by atoms with E-state index in [1.54, 1.807) is 75.1 Å². The minimum Gasteiger partial charge on any atom is -0.383 e. The summed E-state index contributed by atoms with van der Waals surface area (Å²) in [5, 5.41) is 27.7. The Bertz CT molecular complexity index is 5330. The molecule has 7 fully saturated rings. The third kappa shape index (κ3) is 14.9. The topological polar surface area (TPSA) is 375 Å². The number of nitrogen functional groups attached to an aromatic ring is 3. The maximum atomic E-state index is 13.8. The van der Waals surface area contributed by atoms with Crippen molar-refractivity contribution in [3.63, 3.8) is 0 Å². The smallest absolute Gasteiger partial charge is 0.298 e. The average molecular weight is 1490 g/mol. The van der Waals surface area contributed by atoms with Gasteiger partial charge in [-0.25, -0.2) is 18.4 Å². The van der Waals surface area contributed by atoms with Crippen molar-refractivity contribution in [2.24, 2.45) is 33.4 Å². The van der Waals surface area contributed by atoms with E-state index in [-0.39, 0.29) is 97.8 Å². The number of carbonyl (C=O) groups is 6. The minimum absolute atomic E-state index is 0.00898. The molecule has 27 nitrogen and oxygen atoms in total. The van der Waals surface area contributed by atoms with Crippen molar-refractivity contribution in [1.82, 2.24) is 73.4 Å². The molecule has 562 valence electrons. The Labute approximate surface area is 634 Å². The molecule has 0 unspecified atom stereocenters. The number of nitrogens with zero attached hydrogens (tertiary/aromatic N) is 15. The van der Waals surface area contributed by atoms with E-state index in [0.717, 1.165) is 81.2 Å². The van der Waals surface area contributed by atoms with Gasteiger partial charge in [-0.2, -0.15) is 30.6 Å².